The van der Waals surface area contributed by atoms with Crippen molar-refractivity contribution in [2.45, 2.75) is 33.9 Å². The molecule has 0 saturated heterocycles. The van der Waals surface area contributed by atoms with Crippen LogP contribution in [0.2, 0.25) is 5.02 Å². The van der Waals surface area contributed by atoms with E-state index in [4.69, 9.17) is 21.4 Å². The minimum absolute atomic E-state index is 0.550. The summed E-state index contributed by atoms with van der Waals surface area (Å²) in [4.78, 5) is 14.7. The largest absolute Gasteiger partial charge is 0.396 e. The van der Waals surface area contributed by atoms with Gasteiger partial charge in [-0.3, -0.25) is 0 Å². The third kappa shape index (κ3) is 3.96. The maximum Gasteiger partial charge on any atom is 0.140 e. The molecule has 0 bridgehead atoms. The molecule has 0 radical (unpaired) electrons. The van der Waals surface area contributed by atoms with E-state index >= 15 is 0 Å². The van der Waals surface area contributed by atoms with E-state index in [-0.39, 0.29) is 0 Å². The number of oxime groups is 1. The third-order valence-corrected chi connectivity index (χ3v) is 5.24. The van der Waals surface area contributed by atoms with Crippen LogP contribution in [0.3, 0.4) is 0 Å². The first kappa shape index (κ1) is 20.2. The van der Waals surface area contributed by atoms with Gasteiger partial charge in [-0.25, -0.2) is 9.97 Å². The molecule has 7 heteroatoms. The highest BCUT2D eigenvalue weighted by Gasteiger charge is 2.14. The zero-order chi connectivity index (χ0) is 21.1. The molecule has 4 aromatic rings. The summed E-state index contributed by atoms with van der Waals surface area (Å²) >= 11 is 6.18. The molecule has 154 valence electrons. The lowest BCUT2D eigenvalue weighted by Crippen LogP contribution is -2.08. The molecule has 2 aromatic carbocycles. The van der Waals surface area contributed by atoms with E-state index in [1.165, 1.54) is 0 Å². The van der Waals surface area contributed by atoms with Gasteiger partial charge in [-0.1, -0.05) is 35.0 Å². The van der Waals surface area contributed by atoms with Crippen molar-refractivity contribution in [3.63, 3.8) is 0 Å². The van der Waals surface area contributed by atoms with E-state index in [0.29, 0.717) is 18.2 Å². The number of benzene rings is 2. The summed E-state index contributed by atoms with van der Waals surface area (Å²) in [5.41, 5.74) is 4.87. The Hall–Kier alpha value is -3.12. The van der Waals surface area contributed by atoms with Crippen LogP contribution in [0, 0.1) is 0 Å². The van der Waals surface area contributed by atoms with Crippen LogP contribution < -0.4 is 0 Å². The molecule has 0 saturated carbocycles. The lowest BCUT2D eigenvalue weighted by atomic mass is 10.1. The molecule has 0 N–H and O–H groups in total. The van der Waals surface area contributed by atoms with E-state index in [1.54, 1.807) is 6.20 Å². The van der Waals surface area contributed by atoms with Crippen LogP contribution in [0.25, 0.3) is 22.4 Å². The standard InChI is InChI=1S/C23H24ClN5O/c1-4-29-21-10-9-17(16(3)27-30-5-2)14-20(21)26-22(29)15-28-12-11-25-23(28)18-7-6-8-19(24)13-18/h6-14H,4-5,15H2,1-3H3. The number of hydrogen-bond donors (Lipinski definition) is 0. The maximum absolute atomic E-state index is 6.18. The molecule has 30 heavy (non-hydrogen) atoms. The predicted molar refractivity (Wildman–Crippen MR) is 121 cm³/mol. The van der Waals surface area contributed by atoms with Crippen LogP contribution in [-0.4, -0.2) is 31.4 Å². The molecule has 0 aliphatic heterocycles. The van der Waals surface area contributed by atoms with E-state index in [1.807, 2.05) is 44.3 Å². The quantitative estimate of drug-likeness (QED) is 0.297. The molecule has 0 fully saturated rings. The van der Waals surface area contributed by atoms with Gasteiger partial charge in [-0.2, -0.15) is 0 Å². The molecule has 0 aliphatic carbocycles. The summed E-state index contributed by atoms with van der Waals surface area (Å²) in [5, 5.41) is 4.84. The van der Waals surface area contributed by atoms with E-state index < -0.39 is 0 Å². The highest BCUT2D eigenvalue weighted by molar-refractivity contribution is 6.30. The van der Waals surface area contributed by atoms with Gasteiger partial charge in [0.05, 0.1) is 23.3 Å². The van der Waals surface area contributed by atoms with Crippen LogP contribution >= 0.6 is 11.6 Å². The average molecular weight is 422 g/mol. The Labute approximate surface area is 180 Å². The minimum atomic E-state index is 0.550. The molecule has 0 aliphatic rings. The lowest BCUT2D eigenvalue weighted by molar-refractivity contribution is 0.159. The number of imidazole rings is 2. The van der Waals surface area contributed by atoms with Crippen molar-refractivity contribution >= 4 is 28.3 Å². The van der Waals surface area contributed by atoms with Gasteiger partial charge < -0.3 is 14.0 Å². The number of rotatable bonds is 7. The Morgan fingerprint density at radius 2 is 2.03 bits per heavy atom. The highest BCUT2D eigenvalue weighted by Crippen LogP contribution is 2.24. The van der Waals surface area contributed by atoms with E-state index in [2.05, 4.69) is 44.4 Å². The van der Waals surface area contributed by atoms with Crippen LogP contribution in [0.15, 0.2) is 60.0 Å². The van der Waals surface area contributed by atoms with Crippen molar-refractivity contribution in [2.75, 3.05) is 6.61 Å². The Morgan fingerprint density at radius 3 is 2.80 bits per heavy atom. The molecule has 0 amide bonds. The second-order valence-electron chi connectivity index (χ2n) is 6.96. The van der Waals surface area contributed by atoms with Crippen LogP contribution in [-0.2, 0) is 17.9 Å². The van der Waals surface area contributed by atoms with E-state index in [9.17, 15) is 0 Å². The van der Waals surface area contributed by atoms with Gasteiger partial charge in [0, 0.05) is 35.1 Å². The van der Waals surface area contributed by atoms with Gasteiger partial charge in [-0.05, 0) is 45.0 Å². The zero-order valence-corrected chi connectivity index (χ0v) is 18.1. The first-order valence-corrected chi connectivity index (χ1v) is 10.4. The lowest BCUT2D eigenvalue weighted by Gasteiger charge is -2.10. The van der Waals surface area contributed by atoms with Crippen LogP contribution in [0.1, 0.15) is 32.2 Å². The molecule has 0 unspecified atom stereocenters. The molecule has 2 heterocycles. The molecular weight excluding hydrogens is 398 g/mol. The van der Waals surface area contributed by atoms with Gasteiger partial charge in [0.25, 0.3) is 0 Å². The van der Waals surface area contributed by atoms with Crippen molar-refractivity contribution in [1.82, 2.24) is 19.1 Å². The molecule has 0 atom stereocenters. The molecular formula is C23H24ClN5O. The number of halogens is 1. The van der Waals surface area contributed by atoms with Crippen molar-refractivity contribution in [3.05, 3.63) is 71.3 Å². The number of nitrogens with zero attached hydrogens (tertiary/aromatic N) is 5. The monoisotopic (exact) mass is 421 g/mol. The van der Waals surface area contributed by atoms with Crippen molar-refractivity contribution < 1.29 is 4.84 Å². The number of aryl methyl sites for hydroxylation is 1. The number of fused-ring (bicyclic) bond motifs is 1. The van der Waals surface area contributed by atoms with Gasteiger partial charge in [0.2, 0.25) is 0 Å². The van der Waals surface area contributed by atoms with Crippen molar-refractivity contribution in [2.24, 2.45) is 5.16 Å². The Bertz CT molecular complexity index is 1210. The fourth-order valence-electron chi connectivity index (χ4n) is 3.57. The fraction of sp³-hybridized carbons (Fsp3) is 0.261. The number of hydrogen-bond acceptors (Lipinski definition) is 4. The Kier molecular flexibility index (Phi) is 5.86. The second kappa shape index (κ2) is 8.71. The number of aromatic nitrogens is 4. The third-order valence-electron chi connectivity index (χ3n) is 5.00. The molecule has 2 aromatic heterocycles. The second-order valence-corrected chi connectivity index (χ2v) is 7.40. The average Bonchev–Trinajstić information content (AvgIpc) is 3.35. The van der Waals surface area contributed by atoms with Crippen molar-refractivity contribution in [3.8, 4) is 11.4 Å². The summed E-state index contributed by atoms with van der Waals surface area (Å²) in [5.74, 6) is 1.85. The summed E-state index contributed by atoms with van der Waals surface area (Å²) in [6.07, 6.45) is 3.78. The minimum Gasteiger partial charge on any atom is -0.396 e. The Morgan fingerprint density at radius 1 is 1.17 bits per heavy atom. The zero-order valence-electron chi connectivity index (χ0n) is 17.3. The normalized spacial score (nSPS) is 11.9. The molecule has 6 nitrogen and oxygen atoms in total. The summed E-state index contributed by atoms with van der Waals surface area (Å²) in [6.45, 7) is 7.99. The van der Waals surface area contributed by atoms with Crippen LogP contribution in [0.4, 0.5) is 0 Å². The molecule has 4 rings (SSSR count). The summed E-state index contributed by atoms with van der Waals surface area (Å²) in [7, 11) is 0. The topological polar surface area (TPSA) is 57.2 Å². The molecule has 0 spiro atoms. The smallest absolute Gasteiger partial charge is 0.140 e. The first-order valence-electron chi connectivity index (χ1n) is 10.0. The highest BCUT2D eigenvalue weighted by atomic mass is 35.5. The van der Waals surface area contributed by atoms with E-state index in [0.717, 1.165) is 46.1 Å². The van der Waals surface area contributed by atoms with Crippen LogP contribution in [0.5, 0.6) is 0 Å². The summed E-state index contributed by atoms with van der Waals surface area (Å²) < 4.78 is 4.33. The SMILES string of the molecule is CCON=C(C)c1ccc2c(c1)nc(Cn1ccnc1-c1cccc(Cl)c1)n2CC. The fourth-order valence-corrected chi connectivity index (χ4v) is 3.76. The summed E-state index contributed by atoms with van der Waals surface area (Å²) in [6, 6.07) is 14.0. The van der Waals surface area contributed by atoms with Gasteiger partial charge in [-0.15, -0.1) is 0 Å². The van der Waals surface area contributed by atoms with Gasteiger partial charge in [0.1, 0.15) is 18.3 Å². The maximum atomic E-state index is 6.18. The van der Waals surface area contributed by atoms with Gasteiger partial charge in [0.15, 0.2) is 0 Å². The van der Waals surface area contributed by atoms with Crippen molar-refractivity contribution in [1.29, 1.82) is 0 Å². The first-order chi connectivity index (χ1) is 14.6. The predicted octanol–water partition coefficient (Wildman–Crippen LogP) is 5.38. The van der Waals surface area contributed by atoms with Gasteiger partial charge >= 0.3 is 0 Å². The Balaban J connectivity index is 1.71.